The molecule has 2 fully saturated rings. The van der Waals surface area contributed by atoms with Gasteiger partial charge in [0.15, 0.2) is 6.20 Å². The number of Topliss-reactive ketones (excluding diaryl/α,β-unsaturated/α-hetero) is 4. The summed E-state index contributed by atoms with van der Waals surface area (Å²) in [6, 6.07) is 29.5. The molecule has 0 saturated heterocycles. The molecule has 2 aliphatic carbocycles. The van der Waals surface area contributed by atoms with Crippen molar-refractivity contribution in [3.8, 4) is 17.6 Å². The van der Waals surface area contributed by atoms with Crippen molar-refractivity contribution in [2.24, 2.45) is 0 Å². The molecule has 2 unspecified atom stereocenters. The largest absolute Gasteiger partial charge is 0.618 e. The van der Waals surface area contributed by atoms with Gasteiger partial charge in [0.1, 0.15) is 62.3 Å². The Hall–Kier alpha value is -11.5. The van der Waals surface area contributed by atoms with Gasteiger partial charge in [0.25, 0.3) is 0 Å². The zero-order chi connectivity index (χ0) is 82.0. The molecule has 8 heterocycles. The molecule has 8 aromatic heterocycles. The van der Waals surface area contributed by atoms with Crippen LogP contribution >= 0.6 is 0 Å². The molecule has 117 heavy (non-hydrogen) atoms. The van der Waals surface area contributed by atoms with Gasteiger partial charge in [-0.1, -0.05) is 20.8 Å². The van der Waals surface area contributed by atoms with Crippen LogP contribution in [0.4, 0.5) is 0 Å². The first-order valence-corrected chi connectivity index (χ1v) is 38.1. The van der Waals surface area contributed by atoms with Crippen LogP contribution in [0.15, 0.2) is 146 Å². The van der Waals surface area contributed by atoms with Crippen molar-refractivity contribution in [2.75, 3.05) is 26.4 Å². The molecule has 2 saturated carbocycles. The fraction of sp³-hybridized carbons (Fsp3) is 0.400. The summed E-state index contributed by atoms with van der Waals surface area (Å²) in [6.45, 7) is 22.0. The van der Waals surface area contributed by atoms with Crippen LogP contribution < -0.4 is 18.9 Å². The van der Waals surface area contributed by atoms with Crippen molar-refractivity contribution in [2.45, 2.75) is 209 Å². The fourth-order valence-electron chi connectivity index (χ4n) is 13.6. The quantitative estimate of drug-likeness (QED) is 0.0116. The molecular weight excluding hydrogens is 1670 g/mol. The molecule has 2 aliphatic rings. The Bertz CT molecular complexity index is 5360. The van der Waals surface area contributed by atoms with Crippen molar-refractivity contribution in [3.63, 3.8) is 0 Å². The van der Waals surface area contributed by atoms with E-state index >= 15 is 0 Å². The number of carbonyl (C=O) groups is 8. The minimum absolute atomic E-state index is 0. The molecule has 0 N–H and O–H groups in total. The number of esters is 4. The summed E-state index contributed by atoms with van der Waals surface area (Å²) in [5.41, 5.74) is 7.93. The zero-order valence-electron chi connectivity index (χ0n) is 67.4. The molecule has 0 spiro atoms. The Morgan fingerprint density at radius 3 is 1.25 bits per heavy atom. The van der Waals surface area contributed by atoms with Crippen LogP contribution in [0.1, 0.15) is 201 Å². The summed E-state index contributed by atoms with van der Waals surface area (Å²) in [5.74, 6) is -0.297. The van der Waals surface area contributed by atoms with Gasteiger partial charge in [-0.2, -0.15) is 14.3 Å². The molecule has 0 bridgehead atoms. The van der Waals surface area contributed by atoms with Crippen LogP contribution in [-0.4, -0.2) is 111 Å². The van der Waals surface area contributed by atoms with E-state index in [1.165, 1.54) is 11.8 Å². The SMILES string of the molecule is C.CC(C)(C)OC(=O)CCCOc1ccc2c(ccc3occ(C4CCC(=O)CC4=O)c32)n1.CC(C)(C)OC(=O)CCCOc1ccc2c(ccc3occ(C4CCC(=O)CC4=O)c32)n1.CCCc1coc2ccc3nc(OCCCC(=O)OC(C)(C)C)ccc3c12.CCOC(=O)Cc1coc2ccc3c(ccc[n+]3[O-])c12.O=C=O.[CH3-].[W]. The Kier molecular flexibility index (Phi) is 33.2. The topological polar surface area (TPSA) is 353 Å². The average Bonchev–Trinajstić information content (AvgIpc) is 1.65. The number of benzene rings is 4. The van der Waals surface area contributed by atoms with E-state index in [4.69, 9.17) is 60.4 Å². The van der Waals surface area contributed by atoms with Crippen LogP contribution in [0.5, 0.6) is 17.6 Å². The standard InChI is InChI=1S/2C25H27NO6.C22H27NO4.C15H13NO4.CO2.CH4.CH3.W/c2*1-25(2,3)32-23(29)5-4-12-30-22-11-8-17-19(26-22)9-10-21-24(17)18(14-31-21)16-7-6-15(27)13-20(16)28;1-5-7-15-14-26-18-11-10-17-16(21(15)18)9-12-19(23-17)25-13-6-8-20(24)27-22(2,3)4;1-2-19-14(17)8-10-9-20-13-6-5-12-11(15(10)13)4-3-7-16(12)18;2-1-3;;;/h2*8-11,14,16H,4-7,12-13H2,1-3H3;9-12,14H,5-8,13H2,1-4H3;3-7,9H,2,8H2,1H3;;1H4;1H3;/q;;;;;;-1;. The van der Waals surface area contributed by atoms with Crippen molar-refractivity contribution in [1.29, 1.82) is 0 Å². The Labute approximate surface area is 692 Å². The summed E-state index contributed by atoms with van der Waals surface area (Å²) >= 11 is 0. The smallest absolute Gasteiger partial charge is 0.373 e. The van der Waals surface area contributed by atoms with Gasteiger partial charge in [-0.15, -0.1) is 0 Å². The number of rotatable bonds is 22. The number of furan rings is 4. The molecule has 4 aromatic carbocycles. The van der Waals surface area contributed by atoms with E-state index in [1.807, 2.05) is 135 Å². The number of ketones is 4. The van der Waals surface area contributed by atoms with Gasteiger partial charge in [-0.3, -0.25) is 38.4 Å². The van der Waals surface area contributed by atoms with Crippen LogP contribution in [0.3, 0.4) is 0 Å². The van der Waals surface area contributed by atoms with E-state index in [2.05, 4.69) is 21.9 Å². The minimum atomic E-state index is -0.493. The molecular formula is C90H101N4O22W-. The van der Waals surface area contributed by atoms with Crippen LogP contribution in [-0.2, 0) is 101 Å². The normalized spacial score (nSPS) is 14.1. The third-order valence-electron chi connectivity index (χ3n) is 18.3. The van der Waals surface area contributed by atoms with Gasteiger partial charge in [-0.25, -0.2) is 15.0 Å². The Balaban J connectivity index is 0.000000214. The second kappa shape index (κ2) is 41.9. The maximum absolute atomic E-state index is 12.5. The molecule has 14 rings (SSSR count). The second-order valence-electron chi connectivity index (χ2n) is 30.6. The molecule has 620 valence electrons. The van der Waals surface area contributed by atoms with E-state index in [0.29, 0.717) is 118 Å². The molecule has 0 aliphatic heterocycles. The first-order valence-electron chi connectivity index (χ1n) is 38.1. The van der Waals surface area contributed by atoms with Crippen LogP contribution in [0.2, 0.25) is 0 Å². The number of hydrogen-bond acceptors (Lipinski definition) is 25. The van der Waals surface area contributed by atoms with E-state index in [-0.39, 0.29) is 133 Å². The van der Waals surface area contributed by atoms with E-state index in [1.54, 1.807) is 56.0 Å². The number of aryl methyl sites for hydroxylation is 1. The molecule has 26 nitrogen and oxygen atoms in total. The van der Waals surface area contributed by atoms with Gasteiger partial charge < -0.3 is 63.5 Å². The van der Waals surface area contributed by atoms with Crippen molar-refractivity contribution in [1.82, 2.24) is 15.0 Å². The summed E-state index contributed by atoms with van der Waals surface area (Å²) in [5, 5.41) is 19.0. The van der Waals surface area contributed by atoms with Gasteiger partial charge in [-0.05, 0) is 180 Å². The summed E-state index contributed by atoms with van der Waals surface area (Å²) in [4.78, 5) is 125. The number of hydrogen-bond donors (Lipinski definition) is 0. The summed E-state index contributed by atoms with van der Waals surface area (Å²) in [6.07, 6.45) is 14.9. The first-order chi connectivity index (χ1) is 54.4. The van der Waals surface area contributed by atoms with E-state index in [9.17, 15) is 43.6 Å². The number of carbonyl (C=O) groups excluding carboxylic acids is 10. The van der Waals surface area contributed by atoms with E-state index in [0.717, 1.165) is 99.5 Å². The number of ether oxygens (including phenoxy) is 7. The monoisotopic (exact) mass is 1770 g/mol. The average molecular weight is 1770 g/mol. The Morgan fingerprint density at radius 1 is 0.496 bits per heavy atom. The number of nitrogens with zero attached hydrogens (tertiary/aromatic N) is 4. The Morgan fingerprint density at radius 2 is 0.863 bits per heavy atom. The van der Waals surface area contributed by atoms with Gasteiger partial charge in [0.05, 0.1) is 92.7 Å². The predicted molar refractivity (Wildman–Crippen MR) is 435 cm³/mol. The maximum Gasteiger partial charge on any atom is 0.373 e. The minimum Gasteiger partial charge on any atom is -0.618 e. The summed E-state index contributed by atoms with van der Waals surface area (Å²) < 4.78 is 61.4. The van der Waals surface area contributed by atoms with Crippen LogP contribution in [0.25, 0.3) is 87.5 Å². The molecule has 27 heteroatoms. The maximum atomic E-state index is 12.5. The van der Waals surface area contributed by atoms with Gasteiger partial charge >= 0.3 is 30.0 Å². The van der Waals surface area contributed by atoms with Crippen molar-refractivity contribution >= 4 is 141 Å². The first kappa shape index (κ1) is 92.7. The third kappa shape index (κ3) is 25.0. The molecule has 0 amide bonds. The van der Waals surface area contributed by atoms with Gasteiger partial charge in [0.2, 0.25) is 23.2 Å². The zero-order valence-corrected chi connectivity index (χ0v) is 70.3. The molecule has 12 aromatic rings. The van der Waals surface area contributed by atoms with Crippen LogP contribution in [0, 0.1) is 12.6 Å². The van der Waals surface area contributed by atoms with Gasteiger partial charge in [0, 0.05) is 150 Å². The van der Waals surface area contributed by atoms with Crippen molar-refractivity contribution in [3.05, 3.63) is 163 Å². The summed E-state index contributed by atoms with van der Waals surface area (Å²) in [7, 11) is 0. The third-order valence-corrected chi connectivity index (χ3v) is 18.3. The number of aromatic nitrogens is 4. The second-order valence-corrected chi connectivity index (χ2v) is 30.6. The van der Waals surface area contributed by atoms with E-state index < -0.39 is 16.8 Å². The van der Waals surface area contributed by atoms with Crippen molar-refractivity contribution < 1.29 is 125 Å². The fourth-order valence-corrected chi connectivity index (χ4v) is 13.6. The molecule has 0 radical (unpaired) electrons. The molecule has 2 atom stereocenters. The number of fused-ring (bicyclic) bond motifs is 12. The predicted octanol–water partition coefficient (Wildman–Crippen LogP) is 18.0. The number of pyridine rings is 4.